The summed E-state index contributed by atoms with van der Waals surface area (Å²) in [6.45, 7) is 11.2. The van der Waals surface area contributed by atoms with E-state index in [1.54, 1.807) is 0 Å². The lowest BCUT2D eigenvalue weighted by Gasteiger charge is -2.22. The predicted molar refractivity (Wildman–Crippen MR) is 61.5 cm³/mol. The van der Waals surface area contributed by atoms with Crippen molar-refractivity contribution in [2.45, 2.75) is 46.5 Å². The normalized spacial score (nSPS) is 12.1. The minimum Gasteiger partial charge on any atom is -0.264 e. The Morgan fingerprint density at radius 3 is 2.43 bits per heavy atom. The zero-order chi connectivity index (χ0) is 10.8. The number of pyridine rings is 1. The highest BCUT2D eigenvalue weighted by Gasteiger charge is 2.17. The quantitative estimate of drug-likeness (QED) is 0.696. The highest BCUT2D eigenvalue weighted by Crippen LogP contribution is 2.26. The lowest BCUT2D eigenvalue weighted by atomic mass is 9.83. The third-order valence-corrected chi connectivity index (χ3v) is 2.35. The average Bonchev–Trinajstić information content (AvgIpc) is 2.01. The molecule has 0 radical (unpaired) electrons. The Bertz CT molecular complexity index is 294. The monoisotopic (exact) mass is 191 g/mol. The summed E-state index contributed by atoms with van der Waals surface area (Å²) >= 11 is 0. The Morgan fingerprint density at radius 1 is 1.29 bits per heavy atom. The van der Waals surface area contributed by atoms with Gasteiger partial charge >= 0.3 is 0 Å². The summed E-state index contributed by atoms with van der Waals surface area (Å²) in [7, 11) is 0. The van der Waals surface area contributed by atoms with Crippen molar-refractivity contribution < 1.29 is 0 Å². The molecule has 0 amide bonds. The van der Waals surface area contributed by atoms with Crippen LogP contribution in [-0.2, 0) is 11.8 Å². The first-order valence-electron chi connectivity index (χ1n) is 5.34. The number of nitrogens with zero attached hydrogens (tertiary/aromatic N) is 1. The van der Waals surface area contributed by atoms with Crippen molar-refractivity contribution in [2.75, 3.05) is 0 Å². The first kappa shape index (κ1) is 11.2. The summed E-state index contributed by atoms with van der Waals surface area (Å²) < 4.78 is 0. The van der Waals surface area contributed by atoms with E-state index in [4.69, 9.17) is 0 Å². The number of rotatable bonds is 2. The van der Waals surface area contributed by atoms with Gasteiger partial charge < -0.3 is 0 Å². The standard InChI is InChI=1S/C13H21N/c1-10(2)8-11-6-7-14-9-12(11)13(3,4)5/h6-7,9-10H,8H2,1-5H3. The second-order valence-electron chi connectivity index (χ2n) is 5.38. The van der Waals surface area contributed by atoms with E-state index in [0.717, 1.165) is 6.42 Å². The summed E-state index contributed by atoms with van der Waals surface area (Å²) in [5, 5.41) is 0. The van der Waals surface area contributed by atoms with Crippen molar-refractivity contribution in [1.82, 2.24) is 4.98 Å². The molecule has 14 heavy (non-hydrogen) atoms. The van der Waals surface area contributed by atoms with Crippen LogP contribution in [0.15, 0.2) is 18.5 Å². The van der Waals surface area contributed by atoms with E-state index in [0.29, 0.717) is 5.92 Å². The van der Waals surface area contributed by atoms with Crippen molar-refractivity contribution >= 4 is 0 Å². The van der Waals surface area contributed by atoms with Gasteiger partial charge in [0.15, 0.2) is 0 Å². The molecular formula is C13H21N. The molecule has 0 fully saturated rings. The van der Waals surface area contributed by atoms with Crippen LogP contribution in [-0.4, -0.2) is 4.98 Å². The highest BCUT2D eigenvalue weighted by atomic mass is 14.6. The van der Waals surface area contributed by atoms with Gasteiger partial charge in [-0.25, -0.2) is 0 Å². The van der Waals surface area contributed by atoms with Gasteiger partial charge in [0.2, 0.25) is 0 Å². The largest absolute Gasteiger partial charge is 0.264 e. The van der Waals surface area contributed by atoms with Crippen LogP contribution in [0, 0.1) is 5.92 Å². The molecule has 78 valence electrons. The fourth-order valence-corrected chi connectivity index (χ4v) is 1.72. The molecule has 0 aliphatic heterocycles. The van der Waals surface area contributed by atoms with Gasteiger partial charge in [-0.15, -0.1) is 0 Å². The summed E-state index contributed by atoms with van der Waals surface area (Å²) in [5.41, 5.74) is 3.04. The van der Waals surface area contributed by atoms with E-state index in [1.165, 1.54) is 11.1 Å². The van der Waals surface area contributed by atoms with Crippen LogP contribution in [0.25, 0.3) is 0 Å². The third kappa shape index (κ3) is 2.83. The average molecular weight is 191 g/mol. The van der Waals surface area contributed by atoms with Crippen LogP contribution in [0.4, 0.5) is 0 Å². The van der Waals surface area contributed by atoms with Crippen molar-refractivity contribution in [3.05, 3.63) is 29.6 Å². The first-order chi connectivity index (χ1) is 6.41. The fraction of sp³-hybridized carbons (Fsp3) is 0.615. The van der Waals surface area contributed by atoms with E-state index in [1.807, 2.05) is 12.4 Å². The molecule has 1 heterocycles. The molecule has 1 rings (SSSR count). The van der Waals surface area contributed by atoms with Crippen molar-refractivity contribution in [3.8, 4) is 0 Å². The molecule has 1 aromatic rings. The van der Waals surface area contributed by atoms with E-state index in [2.05, 4.69) is 45.7 Å². The zero-order valence-corrected chi connectivity index (χ0v) is 9.96. The number of hydrogen-bond acceptors (Lipinski definition) is 1. The van der Waals surface area contributed by atoms with Gasteiger partial charge in [0.05, 0.1) is 0 Å². The maximum Gasteiger partial charge on any atom is 0.0307 e. The maximum atomic E-state index is 4.22. The molecule has 0 unspecified atom stereocenters. The van der Waals surface area contributed by atoms with Crippen LogP contribution in [0.5, 0.6) is 0 Å². The van der Waals surface area contributed by atoms with E-state index in [9.17, 15) is 0 Å². The van der Waals surface area contributed by atoms with E-state index < -0.39 is 0 Å². The summed E-state index contributed by atoms with van der Waals surface area (Å²) in [5.74, 6) is 0.707. The molecule has 0 aliphatic carbocycles. The van der Waals surface area contributed by atoms with Crippen LogP contribution >= 0.6 is 0 Å². The molecule has 0 saturated heterocycles. The highest BCUT2D eigenvalue weighted by molar-refractivity contribution is 5.29. The van der Waals surface area contributed by atoms with Gasteiger partial charge in [-0.05, 0) is 34.9 Å². The summed E-state index contributed by atoms with van der Waals surface area (Å²) in [4.78, 5) is 4.22. The van der Waals surface area contributed by atoms with E-state index >= 15 is 0 Å². The lowest BCUT2D eigenvalue weighted by Crippen LogP contribution is -2.15. The SMILES string of the molecule is CC(C)Cc1ccncc1C(C)(C)C. The third-order valence-electron chi connectivity index (χ3n) is 2.35. The van der Waals surface area contributed by atoms with Crippen LogP contribution in [0.2, 0.25) is 0 Å². The van der Waals surface area contributed by atoms with Crippen LogP contribution in [0.1, 0.15) is 45.7 Å². The second kappa shape index (κ2) is 4.12. The Labute approximate surface area is 87.6 Å². The summed E-state index contributed by atoms with van der Waals surface area (Å²) in [6.07, 6.45) is 5.06. The molecule has 1 nitrogen and oxygen atoms in total. The lowest BCUT2D eigenvalue weighted by molar-refractivity contribution is 0.563. The first-order valence-corrected chi connectivity index (χ1v) is 5.34. The minimum atomic E-state index is 0.207. The molecule has 0 N–H and O–H groups in total. The van der Waals surface area contributed by atoms with Crippen molar-refractivity contribution in [2.24, 2.45) is 5.92 Å². The zero-order valence-electron chi connectivity index (χ0n) is 9.96. The maximum absolute atomic E-state index is 4.22. The van der Waals surface area contributed by atoms with Crippen molar-refractivity contribution in [3.63, 3.8) is 0 Å². The molecule has 1 heteroatoms. The Balaban J connectivity index is 3.04. The van der Waals surface area contributed by atoms with Gasteiger partial charge in [-0.2, -0.15) is 0 Å². The van der Waals surface area contributed by atoms with Gasteiger partial charge in [0.1, 0.15) is 0 Å². The predicted octanol–water partition coefficient (Wildman–Crippen LogP) is 3.58. The molecule has 1 aromatic heterocycles. The summed E-state index contributed by atoms with van der Waals surface area (Å²) in [6, 6.07) is 2.15. The molecule has 0 aliphatic rings. The van der Waals surface area contributed by atoms with E-state index in [-0.39, 0.29) is 5.41 Å². The van der Waals surface area contributed by atoms with Crippen molar-refractivity contribution in [1.29, 1.82) is 0 Å². The number of hydrogen-bond donors (Lipinski definition) is 0. The van der Waals surface area contributed by atoms with Gasteiger partial charge in [-0.3, -0.25) is 4.98 Å². The second-order valence-corrected chi connectivity index (χ2v) is 5.38. The minimum absolute atomic E-state index is 0.207. The van der Waals surface area contributed by atoms with Gasteiger partial charge in [0, 0.05) is 12.4 Å². The molecule has 0 spiro atoms. The molecule has 0 atom stereocenters. The molecular weight excluding hydrogens is 170 g/mol. The van der Waals surface area contributed by atoms with Gasteiger partial charge in [-0.1, -0.05) is 34.6 Å². The molecule has 0 bridgehead atoms. The smallest absolute Gasteiger partial charge is 0.0307 e. The number of aromatic nitrogens is 1. The molecule has 0 saturated carbocycles. The van der Waals surface area contributed by atoms with Crippen LogP contribution in [0.3, 0.4) is 0 Å². The fourth-order valence-electron chi connectivity index (χ4n) is 1.72. The Hall–Kier alpha value is -0.850. The van der Waals surface area contributed by atoms with Crippen LogP contribution < -0.4 is 0 Å². The molecule has 0 aromatic carbocycles. The Kier molecular flexibility index (Phi) is 3.30. The van der Waals surface area contributed by atoms with Gasteiger partial charge in [0.25, 0.3) is 0 Å². The Morgan fingerprint density at radius 2 is 1.93 bits per heavy atom. The topological polar surface area (TPSA) is 12.9 Å².